The predicted octanol–water partition coefficient (Wildman–Crippen LogP) is 3.71. The minimum absolute atomic E-state index is 0.0582. The van der Waals surface area contributed by atoms with E-state index in [2.05, 4.69) is 15.9 Å². The molecule has 14 heavy (non-hydrogen) atoms. The summed E-state index contributed by atoms with van der Waals surface area (Å²) in [5.41, 5.74) is -0.0582. The minimum atomic E-state index is -0.509. The summed E-state index contributed by atoms with van der Waals surface area (Å²) < 4.78 is 13.9. The van der Waals surface area contributed by atoms with Gasteiger partial charge in [0.15, 0.2) is 5.13 Å². The summed E-state index contributed by atoms with van der Waals surface area (Å²) in [4.78, 5) is 10.1. The zero-order valence-electron chi connectivity index (χ0n) is 6.66. The Bertz CT molecular complexity index is 525. The average Bonchev–Trinajstić information content (AvgIpc) is 2.47. The maximum Gasteiger partial charge on any atom is 0.287 e. The number of nitro groups is 1. The van der Waals surface area contributed by atoms with Gasteiger partial charge in [-0.3, -0.25) is 10.1 Å². The zero-order chi connectivity index (χ0) is 10.3. The minimum Gasteiger partial charge on any atom is -0.258 e. The number of thiophene rings is 1. The summed E-state index contributed by atoms with van der Waals surface area (Å²) >= 11 is 3.99. The highest BCUT2D eigenvalue weighted by molar-refractivity contribution is 9.10. The average molecular weight is 276 g/mol. The maximum absolute atomic E-state index is 12.9. The van der Waals surface area contributed by atoms with E-state index in [0.29, 0.717) is 14.6 Å². The summed E-state index contributed by atoms with van der Waals surface area (Å²) in [5, 5.41) is 10.7. The molecular weight excluding hydrogens is 273 g/mol. The third kappa shape index (κ3) is 1.40. The largest absolute Gasteiger partial charge is 0.287 e. The number of nitro benzene ring substituents is 1. The summed E-state index contributed by atoms with van der Waals surface area (Å²) in [6, 6.07) is 4.20. The van der Waals surface area contributed by atoms with Gasteiger partial charge in [0, 0.05) is 15.9 Å². The Hall–Kier alpha value is -1.01. The van der Waals surface area contributed by atoms with Crippen molar-refractivity contribution in [2.45, 2.75) is 0 Å². The molecule has 0 saturated carbocycles. The molecule has 0 unspecified atom stereocenters. The van der Waals surface area contributed by atoms with Crippen LogP contribution < -0.4 is 0 Å². The number of hydrogen-bond acceptors (Lipinski definition) is 3. The van der Waals surface area contributed by atoms with Crippen LogP contribution in [0.2, 0.25) is 0 Å². The molecule has 0 bridgehead atoms. The lowest BCUT2D eigenvalue weighted by Gasteiger charge is -1.94. The van der Waals surface area contributed by atoms with Crippen LogP contribution in [0.4, 0.5) is 10.1 Å². The molecule has 2 rings (SSSR count). The molecule has 0 amide bonds. The SMILES string of the molecule is O=[N+]([O-])c1ccc(Br)c2cc(F)sc12. The number of benzene rings is 1. The van der Waals surface area contributed by atoms with Crippen molar-refractivity contribution in [3.05, 3.63) is 37.9 Å². The van der Waals surface area contributed by atoms with Gasteiger partial charge < -0.3 is 0 Å². The first kappa shape index (κ1) is 9.54. The van der Waals surface area contributed by atoms with Gasteiger partial charge in [-0.15, -0.1) is 0 Å². The number of non-ortho nitro benzene ring substituents is 1. The Kier molecular flexibility index (Phi) is 2.24. The molecule has 1 aromatic carbocycles. The lowest BCUT2D eigenvalue weighted by atomic mass is 10.2. The predicted molar refractivity (Wildman–Crippen MR) is 56.1 cm³/mol. The normalized spacial score (nSPS) is 10.7. The second-order valence-electron chi connectivity index (χ2n) is 2.62. The second kappa shape index (κ2) is 3.29. The molecule has 0 atom stereocenters. The van der Waals surface area contributed by atoms with Gasteiger partial charge in [0.25, 0.3) is 5.69 Å². The van der Waals surface area contributed by atoms with Gasteiger partial charge >= 0.3 is 0 Å². The van der Waals surface area contributed by atoms with E-state index in [0.717, 1.165) is 11.3 Å². The summed E-state index contributed by atoms with van der Waals surface area (Å²) in [6.07, 6.45) is 0. The highest BCUT2D eigenvalue weighted by atomic mass is 79.9. The first-order valence-electron chi connectivity index (χ1n) is 3.61. The molecule has 0 radical (unpaired) electrons. The van der Waals surface area contributed by atoms with Gasteiger partial charge in [0.1, 0.15) is 4.70 Å². The monoisotopic (exact) mass is 275 g/mol. The van der Waals surface area contributed by atoms with Crippen LogP contribution >= 0.6 is 27.3 Å². The Balaban J connectivity index is 2.87. The van der Waals surface area contributed by atoms with Crippen molar-refractivity contribution in [2.24, 2.45) is 0 Å². The first-order chi connectivity index (χ1) is 6.59. The molecule has 0 aliphatic heterocycles. The van der Waals surface area contributed by atoms with Crippen molar-refractivity contribution >= 4 is 43.0 Å². The smallest absolute Gasteiger partial charge is 0.258 e. The number of halogens is 2. The molecule has 6 heteroatoms. The Morgan fingerprint density at radius 2 is 2.21 bits per heavy atom. The van der Waals surface area contributed by atoms with E-state index in [-0.39, 0.29) is 5.69 Å². The Morgan fingerprint density at radius 1 is 1.50 bits per heavy atom. The van der Waals surface area contributed by atoms with Crippen LogP contribution in [0, 0.1) is 15.2 Å². The van der Waals surface area contributed by atoms with Crippen LogP contribution in [0.15, 0.2) is 22.7 Å². The van der Waals surface area contributed by atoms with Crippen LogP contribution in [0.5, 0.6) is 0 Å². The zero-order valence-corrected chi connectivity index (χ0v) is 9.06. The number of fused-ring (bicyclic) bond motifs is 1. The van der Waals surface area contributed by atoms with Gasteiger partial charge in [-0.1, -0.05) is 27.3 Å². The molecule has 2 aromatic rings. The number of rotatable bonds is 1. The first-order valence-corrected chi connectivity index (χ1v) is 5.22. The lowest BCUT2D eigenvalue weighted by molar-refractivity contribution is -0.382. The molecule has 3 nitrogen and oxygen atoms in total. The lowest BCUT2D eigenvalue weighted by Crippen LogP contribution is -1.87. The molecule has 0 fully saturated rings. The molecule has 0 aliphatic carbocycles. The van der Waals surface area contributed by atoms with Gasteiger partial charge in [-0.05, 0) is 12.1 Å². The van der Waals surface area contributed by atoms with Crippen LogP contribution in [0.3, 0.4) is 0 Å². The molecule has 0 N–H and O–H groups in total. The number of nitrogens with zero attached hydrogens (tertiary/aromatic N) is 1. The third-order valence-electron chi connectivity index (χ3n) is 1.78. The standard InChI is InChI=1S/C8H3BrFNO2S/c9-5-1-2-6(11(12)13)8-4(5)3-7(10)14-8/h1-3H. The van der Waals surface area contributed by atoms with Crippen LogP contribution in [0.25, 0.3) is 10.1 Å². The summed E-state index contributed by atoms with van der Waals surface area (Å²) in [7, 11) is 0. The number of hydrogen-bond donors (Lipinski definition) is 0. The van der Waals surface area contributed by atoms with Crippen molar-refractivity contribution in [1.82, 2.24) is 0 Å². The molecule has 1 aromatic heterocycles. The van der Waals surface area contributed by atoms with E-state index in [4.69, 9.17) is 0 Å². The molecular formula is C8H3BrFNO2S. The molecule has 72 valence electrons. The van der Waals surface area contributed by atoms with Crippen molar-refractivity contribution < 1.29 is 9.31 Å². The quantitative estimate of drug-likeness (QED) is 0.588. The van der Waals surface area contributed by atoms with Crippen molar-refractivity contribution in [3.8, 4) is 0 Å². The van der Waals surface area contributed by atoms with Gasteiger partial charge in [0.2, 0.25) is 0 Å². The highest BCUT2D eigenvalue weighted by Crippen LogP contribution is 2.36. The fourth-order valence-corrected chi connectivity index (χ4v) is 2.66. The second-order valence-corrected chi connectivity index (χ2v) is 4.47. The van der Waals surface area contributed by atoms with E-state index in [1.54, 1.807) is 6.07 Å². The van der Waals surface area contributed by atoms with E-state index < -0.39 is 10.1 Å². The van der Waals surface area contributed by atoms with E-state index in [1.165, 1.54) is 12.1 Å². The van der Waals surface area contributed by atoms with E-state index in [1.807, 2.05) is 0 Å². The molecule has 0 aliphatic rings. The van der Waals surface area contributed by atoms with Crippen LogP contribution in [0.1, 0.15) is 0 Å². The summed E-state index contributed by atoms with van der Waals surface area (Å²) in [5.74, 6) is 0. The molecule has 0 saturated heterocycles. The topological polar surface area (TPSA) is 43.1 Å². The maximum atomic E-state index is 12.9. The fourth-order valence-electron chi connectivity index (χ4n) is 1.19. The highest BCUT2D eigenvalue weighted by Gasteiger charge is 2.16. The van der Waals surface area contributed by atoms with Crippen molar-refractivity contribution in [1.29, 1.82) is 0 Å². The third-order valence-corrected chi connectivity index (χ3v) is 3.41. The Labute approximate surface area is 90.4 Å². The van der Waals surface area contributed by atoms with Gasteiger partial charge in [-0.2, -0.15) is 4.39 Å². The van der Waals surface area contributed by atoms with E-state index >= 15 is 0 Å². The van der Waals surface area contributed by atoms with Crippen LogP contribution in [-0.2, 0) is 0 Å². The fraction of sp³-hybridized carbons (Fsp3) is 0. The molecule has 0 spiro atoms. The van der Waals surface area contributed by atoms with Gasteiger partial charge in [0.05, 0.1) is 4.92 Å². The molecule has 1 heterocycles. The summed E-state index contributed by atoms with van der Waals surface area (Å²) in [6.45, 7) is 0. The van der Waals surface area contributed by atoms with Crippen molar-refractivity contribution in [2.75, 3.05) is 0 Å². The van der Waals surface area contributed by atoms with Crippen molar-refractivity contribution in [3.63, 3.8) is 0 Å². The Morgan fingerprint density at radius 3 is 2.86 bits per heavy atom. The van der Waals surface area contributed by atoms with Crippen LogP contribution in [-0.4, -0.2) is 4.92 Å². The van der Waals surface area contributed by atoms with E-state index in [9.17, 15) is 14.5 Å². The van der Waals surface area contributed by atoms with Gasteiger partial charge in [-0.25, -0.2) is 0 Å².